The first-order chi connectivity index (χ1) is 53.5. The van der Waals surface area contributed by atoms with Crippen LogP contribution in [0, 0.1) is 11.3 Å². The molecule has 11 heteroatoms. The topological polar surface area (TPSA) is 124 Å². The first kappa shape index (κ1) is 63.1. The zero-order valence-corrected chi connectivity index (χ0v) is 58.7. The van der Waals surface area contributed by atoms with Gasteiger partial charge < -0.3 is 13.6 Å². The Kier molecular flexibility index (Phi) is 15.6. The molecule has 21 aromatic rings. The van der Waals surface area contributed by atoms with E-state index < -0.39 is 0 Å². The monoisotopic (exact) mass is 1400 g/mol. The highest BCUT2D eigenvalue weighted by Gasteiger charge is 2.22. The Bertz CT molecular complexity index is 6990. The zero-order chi connectivity index (χ0) is 71.6. The van der Waals surface area contributed by atoms with Crippen LogP contribution in [0.1, 0.15) is 5.56 Å². The normalized spacial score (nSPS) is 11.5. The molecule has 0 saturated heterocycles. The van der Waals surface area contributed by atoms with Crippen molar-refractivity contribution >= 4 is 97.1 Å². The van der Waals surface area contributed by atoms with E-state index in [4.69, 9.17) is 34.3 Å². The van der Waals surface area contributed by atoms with Gasteiger partial charge in [0.2, 0.25) is 0 Å². The Hall–Kier alpha value is -14.6. The fraction of sp³-hybridized carbons (Fsp3) is 0. The molecular formula is C97H59N9OS. The lowest BCUT2D eigenvalue weighted by molar-refractivity contribution is 0.670. The van der Waals surface area contributed by atoms with Crippen LogP contribution >= 0.6 is 11.3 Å². The Morgan fingerprint density at radius 1 is 0.250 bits per heavy atom. The fourth-order valence-electron chi connectivity index (χ4n) is 15.2. The van der Waals surface area contributed by atoms with Crippen LogP contribution in [-0.4, -0.2) is 39.0 Å². The molecule has 15 aromatic carbocycles. The van der Waals surface area contributed by atoms with Crippen molar-refractivity contribution in [3.8, 4) is 119 Å². The van der Waals surface area contributed by atoms with Gasteiger partial charge in [-0.15, -0.1) is 11.3 Å². The molecule has 0 bridgehead atoms. The third-order valence-corrected chi connectivity index (χ3v) is 21.6. The van der Waals surface area contributed by atoms with Gasteiger partial charge in [0.15, 0.2) is 34.9 Å². The van der Waals surface area contributed by atoms with Crippen molar-refractivity contribution in [2.45, 2.75) is 0 Å². The highest BCUT2D eigenvalue weighted by molar-refractivity contribution is 7.26. The quantitative estimate of drug-likeness (QED) is 0.125. The van der Waals surface area contributed by atoms with Crippen LogP contribution in [-0.2, 0) is 0 Å². The maximum atomic E-state index is 9.85. The van der Waals surface area contributed by atoms with E-state index in [1.54, 1.807) is 0 Å². The Labute approximate surface area is 624 Å². The van der Waals surface area contributed by atoms with Gasteiger partial charge in [0.1, 0.15) is 11.2 Å². The van der Waals surface area contributed by atoms with Crippen LogP contribution in [0.2, 0.25) is 0 Å². The van der Waals surface area contributed by atoms with Crippen LogP contribution in [0.3, 0.4) is 0 Å². The Balaban J connectivity index is 0.000000143. The molecule has 0 unspecified atom stereocenters. The largest absolute Gasteiger partial charge is 0.455 e. The van der Waals surface area contributed by atoms with Gasteiger partial charge in [-0.25, -0.2) is 29.9 Å². The molecule has 0 N–H and O–H groups in total. The third kappa shape index (κ3) is 11.2. The van der Waals surface area contributed by atoms with Crippen molar-refractivity contribution in [3.05, 3.63) is 363 Å². The number of nitriles is 1. The van der Waals surface area contributed by atoms with Crippen molar-refractivity contribution < 1.29 is 4.42 Å². The molecule has 0 fully saturated rings. The Morgan fingerprint density at radius 2 is 0.620 bits per heavy atom. The van der Waals surface area contributed by atoms with Gasteiger partial charge >= 0.3 is 0 Å². The molecule has 21 rings (SSSR count). The number of aromatic nitrogens is 8. The Morgan fingerprint density at radius 3 is 1.17 bits per heavy atom. The summed E-state index contributed by atoms with van der Waals surface area (Å²) >= 11 is 1.89. The molecule has 10 nitrogen and oxygen atoms in total. The van der Waals surface area contributed by atoms with E-state index in [9.17, 15) is 5.26 Å². The first-order valence-electron chi connectivity index (χ1n) is 35.9. The van der Waals surface area contributed by atoms with Crippen LogP contribution in [0.5, 0.6) is 0 Å². The molecular weight excluding hydrogens is 1340 g/mol. The van der Waals surface area contributed by atoms with Crippen molar-refractivity contribution in [2.75, 3.05) is 0 Å². The van der Waals surface area contributed by atoms with Crippen molar-refractivity contribution in [3.63, 3.8) is 0 Å². The van der Waals surface area contributed by atoms with E-state index >= 15 is 0 Å². The predicted molar refractivity (Wildman–Crippen MR) is 442 cm³/mol. The second kappa shape index (κ2) is 26.6. The number of thiophene rings is 1. The minimum Gasteiger partial charge on any atom is -0.455 e. The van der Waals surface area contributed by atoms with E-state index in [1.165, 1.54) is 53.2 Å². The molecule has 0 radical (unpaired) electrons. The van der Waals surface area contributed by atoms with Crippen molar-refractivity contribution in [2.24, 2.45) is 0 Å². The SMILES string of the molecule is N#Cc1ccc2c(c1)c1cc(-c3cccc4c3oc3ccccc34)ccc1n2-c1ccc(-c2nc(-c3ccccc3)nc(-c3ccccc3)n2)cc1.c1ccc(-c2nc(-c3ccccc3)nc(-c3cccc(-n4c5ccccc5c5cc(-c6cccc7c6sc6c(-c8ccccc8)cccc67)ccc54)c3)n2)cc1. The highest BCUT2D eigenvalue weighted by Crippen LogP contribution is 2.46. The van der Waals surface area contributed by atoms with Crippen LogP contribution in [0.15, 0.2) is 362 Å². The summed E-state index contributed by atoms with van der Waals surface area (Å²) < 4.78 is 13.6. The number of furan rings is 1. The van der Waals surface area contributed by atoms with E-state index in [0.29, 0.717) is 40.5 Å². The molecule has 6 heterocycles. The number of hydrogen-bond acceptors (Lipinski definition) is 9. The predicted octanol–water partition coefficient (Wildman–Crippen LogP) is 25.1. The summed E-state index contributed by atoms with van der Waals surface area (Å²) in [5.74, 6) is 3.78. The number of para-hydroxylation sites is 3. The van der Waals surface area contributed by atoms with Gasteiger partial charge in [-0.3, -0.25) is 0 Å². The van der Waals surface area contributed by atoms with Crippen molar-refractivity contribution in [1.29, 1.82) is 5.26 Å². The minimum absolute atomic E-state index is 0.601. The number of hydrogen-bond donors (Lipinski definition) is 0. The molecule has 0 atom stereocenters. The lowest BCUT2D eigenvalue weighted by Gasteiger charge is -2.12. The number of nitrogens with zero attached hydrogens (tertiary/aromatic N) is 9. The molecule has 108 heavy (non-hydrogen) atoms. The third-order valence-electron chi connectivity index (χ3n) is 20.3. The van der Waals surface area contributed by atoms with Crippen molar-refractivity contribution in [1.82, 2.24) is 39.0 Å². The molecule has 6 aromatic heterocycles. The summed E-state index contributed by atoms with van der Waals surface area (Å²) in [6.07, 6.45) is 0. The summed E-state index contributed by atoms with van der Waals surface area (Å²) in [7, 11) is 0. The molecule has 0 amide bonds. The summed E-state index contributed by atoms with van der Waals surface area (Å²) in [6.45, 7) is 0. The summed E-state index contributed by atoms with van der Waals surface area (Å²) in [5.41, 5.74) is 21.4. The lowest BCUT2D eigenvalue weighted by atomic mass is 9.99. The van der Waals surface area contributed by atoms with Crippen LogP contribution in [0.4, 0.5) is 0 Å². The van der Waals surface area contributed by atoms with Gasteiger partial charge in [0, 0.05) is 103 Å². The maximum Gasteiger partial charge on any atom is 0.164 e. The summed E-state index contributed by atoms with van der Waals surface area (Å²) in [6, 6.07) is 126. The molecule has 0 spiro atoms. The first-order valence-corrected chi connectivity index (χ1v) is 36.7. The fourth-order valence-corrected chi connectivity index (χ4v) is 16.6. The molecule has 504 valence electrons. The van der Waals surface area contributed by atoms with Gasteiger partial charge in [-0.2, -0.15) is 5.26 Å². The van der Waals surface area contributed by atoms with E-state index in [0.717, 1.165) is 111 Å². The standard InChI is InChI=1S/C51H32N4S.C46H27N5O/c1-4-15-33(16-5-1)39-24-13-26-42-43-27-14-25-40(48(43)56-47(39)42)36-29-30-46-44(32-36)41-23-10-11-28-45(41)55(46)38-22-12-21-37(31-38)51-53-49(34-17-6-2-7-18-34)52-50(54-51)35-19-8-3-9-20-35;47-28-29-18-24-40-38(26-29)39-27-33(35-15-9-16-37-36-14-7-8-17-42(36)52-43(35)37)21-25-41(39)51(40)34-22-19-32(20-23-34)46-49-44(30-10-3-1-4-11-30)48-45(50-46)31-12-5-2-6-13-31/h1-32H;1-27H. The van der Waals surface area contributed by atoms with E-state index in [2.05, 4.69) is 215 Å². The molecule has 0 aliphatic heterocycles. The number of rotatable bonds is 11. The minimum atomic E-state index is 0.601. The zero-order valence-electron chi connectivity index (χ0n) is 57.9. The smallest absolute Gasteiger partial charge is 0.164 e. The lowest BCUT2D eigenvalue weighted by Crippen LogP contribution is -2.01. The highest BCUT2D eigenvalue weighted by atomic mass is 32.1. The average Bonchev–Trinajstić information content (AvgIpc) is 1.59. The van der Waals surface area contributed by atoms with E-state index in [1.807, 2.05) is 169 Å². The molecule has 0 saturated carbocycles. The molecule has 0 aliphatic rings. The second-order valence-electron chi connectivity index (χ2n) is 26.8. The van der Waals surface area contributed by atoms with Gasteiger partial charge in [-0.1, -0.05) is 267 Å². The maximum absolute atomic E-state index is 9.85. The van der Waals surface area contributed by atoms with Crippen LogP contribution < -0.4 is 0 Å². The number of fused-ring (bicyclic) bond motifs is 12. The van der Waals surface area contributed by atoms with Gasteiger partial charge in [0.05, 0.1) is 33.7 Å². The average molecular weight is 1400 g/mol. The van der Waals surface area contributed by atoms with Gasteiger partial charge in [-0.05, 0) is 119 Å². The second-order valence-corrected chi connectivity index (χ2v) is 27.8. The molecule has 0 aliphatic carbocycles. The summed E-state index contributed by atoms with van der Waals surface area (Å²) in [4.78, 5) is 29.6. The summed E-state index contributed by atoms with van der Waals surface area (Å²) in [5, 5.41) is 19.1. The number of benzene rings is 15. The van der Waals surface area contributed by atoms with E-state index in [-0.39, 0.29) is 0 Å². The van der Waals surface area contributed by atoms with Gasteiger partial charge in [0.25, 0.3) is 0 Å². The van der Waals surface area contributed by atoms with Crippen LogP contribution in [0.25, 0.3) is 199 Å².